The van der Waals surface area contributed by atoms with E-state index in [0.29, 0.717) is 0 Å². The van der Waals surface area contributed by atoms with Gasteiger partial charge in [0.1, 0.15) is 18.3 Å². The van der Waals surface area contributed by atoms with Crippen LogP contribution in [-0.2, 0) is 4.74 Å². The molecule has 9 nitrogen and oxygen atoms in total. The Morgan fingerprint density at radius 3 is 2.14 bits per heavy atom. The molecule has 6 N–H and O–H groups in total. The van der Waals surface area contributed by atoms with Gasteiger partial charge in [0.15, 0.2) is 12.2 Å². The Labute approximate surface area is 118 Å². The van der Waals surface area contributed by atoms with Gasteiger partial charge < -0.3 is 35.4 Å². The Morgan fingerprint density at radius 2 is 1.67 bits per heavy atom. The number of hydrogen-bond acceptors (Lipinski definition) is 9. The number of esters is 1. The number of ether oxygens (including phenoxy) is 1. The van der Waals surface area contributed by atoms with Crippen LogP contribution in [0, 0.1) is 0 Å². The van der Waals surface area contributed by atoms with E-state index >= 15 is 0 Å². The van der Waals surface area contributed by atoms with Gasteiger partial charge in [0.25, 0.3) is 5.79 Å². The minimum Gasteiger partial charge on any atom is -0.424 e. The maximum atomic E-state index is 11.8. The Kier molecular flexibility index (Phi) is 4.23. The van der Waals surface area contributed by atoms with Crippen LogP contribution in [0.4, 0.5) is 0 Å². The molecule has 1 fully saturated rings. The fraction of sp³-hybridized carbons (Fsp3) is 0.500. The van der Waals surface area contributed by atoms with Gasteiger partial charge in [-0.05, 0) is 12.1 Å². The van der Waals surface area contributed by atoms with E-state index in [0.717, 1.165) is 6.20 Å². The van der Waals surface area contributed by atoms with Crippen LogP contribution in [0.3, 0.4) is 0 Å². The van der Waals surface area contributed by atoms with Crippen LogP contribution in [0.2, 0.25) is 0 Å². The molecule has 2 rings (SSSR count). The van der Waals surface area contributed by atoms with Crippen molar-refractivity contribution in [3.8, 4) is 0 Å². The van der Waals surface area contributed by atoms with Crippen LogP contribution in [0.15, 0.2) is 24.5 Å². The quantitative estimate of drug-likeness (QED) is 0.243. The number of carbonyl (C=O) groups excluding carboxylic acids is 1. The van der Waals surface area contributed by atoms with E-state index in [1.807, 2.05) is 0 Å². The van der Waals surface area contributed by atoms with Crippen LogP contribution in [-0.4, -0.2) is 77.9 Å². The van der Waals surface area contributed by atoms with Crippen molar-refractivity contribution in [2.45, 2.75) is 36.3 Å². The number of aliphatic hydroxyl groups is 6. The lowest BCUT2D eigenvalue weighted by Crippen LogP contribution is -2.72. The molecule has 1 saturated carbocycles. The van der Waals surface area contributed by atoms with Crippen molar-refractivity contribution in [1.82, 2.24) is 4.98 Å². The monoisotopic (exact) mass is 301 g/mol. The van der Waals surface area contributed by atoms with Crippen molar-refractivity contribution in [3.63, 3.8) is 0 Å². The standard InChI is InChI=1S/C12H15NO8/c14-6-7(15)9(17)12(20,10(18)8(6)16)21-11(19)5-2-1-3-13-4-5/h1-4,6-10,14-18,20H/t6?,7-,8-,9-,10+,12?/m0/s1. The fourth-order valence-electron chi connectivity index (χ4n) is 2.05. The summed E-state index contributed by atoms with van der Waals surface area (Å²) in [6, 6.07) is 2.73. The van der Waals surface area contributed by atoms with Crippen molar-refractivity contribution < 1.29 is 40.2 Å². The number of hydrogen-bond donors (Lipinski definition) is 6. The van der Waals surface area contributed by atoms with Crippen LogP contribution in [0.5, 0.6) is 0 Å². The Hall–Kier alpha value is -1.62. The summed E-state index contributed by atoms with van der Waals surface area (Å²) < 4.78 is 4.62. The molecule has 0 saturated heterocycles. The highest BCUT2D eigenvalue weighted by molar-refractivity contribution is 5.89. The largest absolute Gasteiger partial charge is 0.424 e. The lowest BCUT2D eigenvalue weighted by atomic mass is 9.82. The van der Waals surface area contributed by atoms with Gasteiger partial charge in [-0.3, -0.25) is 4.98 Å². The molecule has 1 aromatic rings. The first-order valence-corrected chi connectivity index (χ1v) is 6.05. The third kappa shape index (κ3) is 2.62. The summed E-state index contributed by atoms with van der Waals surface area (Å²) in [6.07, 6.45) is -7.87. The molecule has 0 aliphatic heterocycles. The number of pyridine rings is 1. The minimum absolute atomic E-state index is 0.0829. The van der Waals surface area contributed by atoms with Gasteiger partial charge in [-0.25, -0.2) is 4.79 Å². The van der Waals surface area contributed by atoms with E-state index in [2.05, 4.69) is 9.72 Å². The summed E-state index contributed by atoms with van der Waals surface area (Å²) in [5.41, 5.74) is -0.0829. The molecule has 0 spiro atoms. The third-order valence-electron chi connectivity index (χ3n) is 3.35. The minimum atomic E-state index is -2.98. The maximum absolute atomic E-state index is 11.8. The molecule has 21 heavy (non-hydrogen) atoms. The first-order valence-electron chi connectivity index (χ1n) is 6.05. The number of aromatic nitrogens is 1. The molecule has 0 bridgehead atoms. The molecule has 0 amide bonds. The lowest BCUT2D eigenvalue weighted by Gasteiger charge is -2.46. The Balaban J connectivity index is 2.25. The topological polar surface area (TPSA) is 161 Å². The Bertz CT molecular complexity index is 493. The summed E-state index contributed by atoms with van der Waals surface area (Å²) in [5, 5.41) is 58.0. The smallest absolute Gasteiger partial charge is 0.342 e. The molecule has 2 unspecified atom stereocenters. The zero-order valence-electron chi connectivity index (χ0n) is 10.6. The Morgan fingerprint density at radius 1 is 1.10 bits per heavy atom. The molecule has 1 aromatic heterocycles. The van der Waals surface area contributed by atoms with E-state index in [4.69, 9.17) is 0 Å². The SMILES string of the molecule is O=C(OC1(O)[C@H](O)[C@@H](O)C(O)[C@H](O)[C@@H]1O)c1cccnc1. The van der Waals surface area contributed by atoms with Crippen molar-refractivity contribution in [1.29, 1.82) is 0 Å². The van der Waals surface area contributed by atoms with Gasteiger partial charge in [-0.15, -0.1) is 0 Å². The van der Waals surface area contributed by atoms with Crippen LogP contribution >= 0.6 is 0 Å². The predicted octanol–water partition coefficient (Wildman–Crippen LogP) is -3.25. The van der Waals surface area contributed by atoms with Gasteiger partial charge in [-0.2, -0.15) is 0 Å². The number of nitrogens with zero attached hydrogens (tertiary/aromatic N) is 1. The molecule has 1 aliphatic rings. The zero-order valence-corrected chi connectivity index (χ0v) is 10.6. The van der Waals surface area contributed by atoms with E-state index < -0.39 is 42.3 Å². The van der Waals surface area contributed by atoms with E-state index in [9.17, 15) is 35.4 Å². The predicted molar refractivity (Wildman–Crippen MR) is 64.6 cm³/mol. The average molecular weight is 301 g/mol. The fourth-order valence-corrected chi connectivity index (χ4v) is 2.05. The maximum Gasteiger partial charge on any atom is 0.342 e. The highest BCUT2D eigenvalue weighted by atomic mass is 16.7. The normalized spacial score (nSPS) is 39.8. The first kappa shape index (κ1) is 15.8. The summed E-state index contributed by atoms with van der Waals surface area (Å²) >= 11 is 0. The summed E-state index contributed by atoms with van der Waals surface area (Å²) in [6.45, 7) is 0. The molecule has 0 aromatic carbocycles. The molecule has 9 heteroatoms. The second-order valence-electron chi connectivity index (χ2n) is 4.74. The van der Waals surface area contributed by atoms with Gasteiger partial charge in [0, 0.05) is 12.4 Å². The molecular formula is C12H15NO8. The van der Waals surface area contributed by atoms with Gasteiger partial charge >= 0.3 is 5.97 Å². The van der Waals surface area contributed by atoms with E-state index in [1.54, 1.807) is 0 Å². The van der Waals surface area contributed by atoms with Crippen LogP contribution in [0.1, 0.15) is 10.4 Å². The summed E-state index contributed by atoms with van der Waals surface area (Å²) in [7, 11) is 0. The van der Waals surface area contributed by atoms with Crippen molar-refractivity contribution in [3.05, 3.63) is 30.1 Å². The molecule has 1 heterocycles. The third-order valence-corrected chi connectivity index (χ3v) is 3.35. The van der Waals surface area contributed by atoms with Gasteiger partial charge in [0.2, 0.25) is 0 Å². The van der Waals surface area contributed by atoms with E-state index in [-0.39, 0.29) is 5.56 Å². The summed E-state index contributed by atoms with van der Waals surface area (Å²) in [5.74, 6) is -4.12. The molecule has 0 radical (unpaired) electrons. The average Bonchev–Trinajstić information content (AvgIpc) is 2.50. The highest BCUT2D eigenvalue weighted by Gasteiger charge is 2.60. The van der Waals surface area contributed by atoms with E-state index in [1.165, 1.54) is 18.3 Å². The van der Waals surface area contributed by atoms with Crippen molar-refractivity contribution >= 4 is 5.97 Å². The zero-order chi connectivity index (χ0) is 15.8. The highest BCUT2D eigenvalue weighted by Crippen LogP contribution is 2.32. The summed E-state index contributed by atoms with van der Waals surface area (Å²) in [4.78, 5) is 15.5. The lowest BCUT2D eigenvalue weighted by molar-refractivity contribution is -0.341. The second-order valence-corrected chi connectivity index (χ2v) is 4.74. The molecule has 1 aliphatic carbocycles. The van der Waals surface area contributed by atoms with Crippen LogP contribution in [0.25, 0.3) is 0 Å². The second kappa shape index (κ2) is 5.64. The van der Waals surface area contributed by atoms with Crippen molar-refractivity contribution in [2.24, 2.45) is 0 Å². The number of aliphatic hydroxyl groups excluding tert-OH is 5. The van der Waals surface area contributed by atoms with Crippen LogP contribution < -0.4 is 0 Å². The number of carbonyl (C=O) groups is 1. The number of rotatable bonds is 2. The molecular weight excluding hydrogens is 286 g/mol. The van der Waals surface area contributed by atoms with Crippen molar-refractivity contribution in [2.75, 3.05) is 0 Å². The molecule has 116 valence electrons. The first-order chi connectivity index (χ1) is 9.79. The van der Waals surface area contributed by atoms with Gasteiger partial charge in [0.05, 0.1) is 5.56 Å². The molecule has 6 atom stereocenters. The van der Waals surface area contributed by atoms with Gasteiger partial charge in [-0.1, -0.05) is 0 Å².